The Morgan fingerprint density at radius 2 is 2.14 bits per heavy atom. The zero-order chi connectivity index (χ0) is 15.9. The number of nitrogens with zero attached hydrogens (tertiary/aromatic N) is 1. The Kier molecular flexibility index (Phi) is 6.15. The van der Waals surface area contributed by atoms with Crippen molar-refractivity contribution in [2.24, 2.45) is 0 Å². The molecule has 5 nitrogen and oxygen atoms in total. The van der Waals surface area contributed by atoms with Crippen LogP contribution in [0.3, 0.4) is 0 Å². The highest BCUT2D eigenvalue weighted by Crippen LogP contribution is 2.22. The predicted molar refractivity (Wildman–Crippen MR) is 87.4 cm³/mol. The fourth-order valence-corrected chi connectivity index (χ4v) is 2.30. The molecule has 1 atom stereocenters. The van der Waals surface area contributed by atoms with Crippen molar-refractivity contribution >= 4 is 21.8 Å². The highest BCUT2D eigenvalue weighted by atomic mass is 79.9. The average Bonchev–Trinajstić information content (AvgIpc) is 2.95. The molecular formula is C16H19BrN2O3. The molecule has 2 rings (SSSR count). The van der Waals surface area contributed by atoms with Gasteiger partial charge in [-0.1, -0.05) is 28.1 Å². The van der Waals surface area contributed by atoms with E-state index in [1.165, 1.54) is 0 Å². The van der Waals surface area contributed by atoms with Gasteiger partial charge < -0.3 is 14.5 Å². The number of aryl methyl sites for hydroxylation is 1. The highest BCUT2D eigenvalue weighted by Gasteiger charge is 2.11. The number of amides is 1. The van der Waals surface area contributed by atoms with Crippen LogP contribution in [0, 0.1) is 0 Å². The van der Waals surface area contributed by atoms with Crippen molar-refractivity contribution in [3.05, 3.63) is 40.8 Å². The van der Waals surface area contributed by atoms with E-state index in [4.69, 9.17) is 9.15 Å². The van der Waals surface area contributed by atoms with E-state index in [1.54, 1.807) is 13.3 Å². The second-order valence-corrected chi connectivity index (χ2v) is 5.96. The minimum absolute atomic E-state index is 0.000358. The lowest BCUT2D eigenvalue weighted by Gasteiger charge is -2.11. The highest BCUT2D eigenvalue weighted by molar-refractivity contribution is 9.10. The lowest BCUT2D eigenvalue weighted by molar-refractivity contribution is -0.122. The van der Waals surface area contributed by atoms with Gasteiger partial charge in [0.15, 0.2) is 11.7 Å². The van der Waals surface area contributed by atoms with Crippen molar-refractivity contribution in [2.75, 3.05) is 13.7 Å². The summed E-state index contributed by atoms with van der Waals surface area (Å²) in [6.07, 6.45) is 2.50. The minimum atomic E-state index is -0.0343. The molecule has 0 fully saturated rings. The van der Waals surface area contributed by atoms with E-state index >= 15 is 0 Å². The third-order valence-electron chi connectivity index (χ3n) is 3.07. The quantitative estimate of drug-likeness (QED) is 0.817. The zero-order valence-corrected chi connectivity index (χ0v) is 14.2. The second-order valence-electron chi connectivity index (χ2n) is 5.05. The van der Waals surface area contributed by atoms with Crippen LogP contribution in [-0.2, 0) is 16.0 Å². The van der Waals surface area contributed by atoms with Gasteiger partial charge in [0.1, 0.15) is 0 Å². The summed E-state index contributed by atoms with van der Waals surface area (Å²) in [7, 11) is 1.61. The number of hydrogen-bond donors (Lipinski definition) is 1. The molecule has 1 N–H and O–H groups in total. The number of methoxy groups -OCH3 is 1. The van der Waals surface area contributed by atoms with Crippen LogP contribution >= 0.6 is 15.9 Å². The first-order chi connectivity index (χ1) is 10.6. The van der Waals surface area contributed by atoms with Gasteiger partial charge in [0.25, 0.3) is 0 Å². The van der Waals surface area contributed by atoms with Crippen LogP contribution in [0.1, 0.15) is 19.2 Å². The molecule has 1 heterocycles. The van der Waals surface area contributed by atoms with Crippen molar-refractivity contribution in [1.29, 1.82) is 0 Å². The van der Waals surface area contributed by atoms with Crippen LogP contribution in [0.2, 0.25) is 0 Å². The molecule has 118 valence electrons. The number of hydrogen-bond acceptors (Lipinski definition) is 4. The lowest BCUT2D eigenvalue weighted by atomic mass is 10.2. The molecule has 1 aromatic carbocycles. The molecule has 0 saturated carbocycles. The monoisotopic (exact) mass is 366 g/mol. The van der Waals surface area contributed by atoms with E-state index in [2.05, 4.69) is 26.2 Å². The van der Waals surface area contributed by atoms with Crippen molar-refractivity contribution in [1.82, 2.24) is 10.3 Å². The Balaban J connectivity index is 1.87. The van der Waals surface area contributed by atoms with Gasteiger partial charge in [-0.2, -0.15) is 0 Å². The Morgan fingerprint density at radius 3 is 2.82 bits per heavy atom. The Morgan fingerprint density at radius 1 is 1.41 bits per heavy atom. The number of nitrogens with one attached hydrogen (secondary N) is 1. The topological polar surface area (TPSA) is 64.4 Å². The van der Waals surface area contributed by atoms with Gasteiger partial charge in [-0.05, 0) is 19.1 Å². The summed E-state index contributed by atoms with van der Waals surface area (Å²) in [5.74, 6) is 1.23. The average molecular weight is 367 g/mol. The number of halogens is 1. The van der Waals surface area contributed by atoms with E-state index in [0.717, 1.165) is 10.0 Å². The Bertz CT molecular complexity index is 610. The summed E-state index contributed by atoms with van der Waals surface area (Å²) >= 11 is 3.39. The third-order valence-corrected chi connectivity index (χ3v) is 3.60. The first-order valence-electron chi connectivity index (χ1n) is 7.07. The van der Waals surface area contributed by atoms with Crippen LogP contribution in [0.15, 0.2) is 39.4 Å². The maximum atomic E-state index is 11.8. The molecule has 6 heteroatoms. The number of ether oxygens (including phenoxy) is 1. The van der Waals surface area contributed by atoms with E-state index < -0.39 is 0 Å². The SMILES string of the molecule is COC[C@H](C)NC(=O)CCc1ncc(-c2ccc(Br)cc2)o1. The standard InChI is InChI=1S/C16H19BrN2O3/c1-11(10-21-2)19-15(20)7-8-16-18-9-14(22-16)12-3-5-13(17)6-4-12/h3-6,9,11H,7-8,10H2,1-2H3,(H,19,20)/t11-/m0/s1. The van der Waals surface area contributed by atoms with Gasteiger partial charge in [-0.3, -0.25) is 4.79 Å². The van der Waals surface area contributed by atoms with Crippen LogP contribution in [-0.4, -0.2) is 30.6 Å². The molecule has 0 radical (unpaired) electrons. The van der Waals surface area contributed by atoms with Crippen molar-refractivity contribution < 1.29 is 13.9 Å². The fourth-order valence-electron chi connectivity index (χ4n) is 2.03. The minimum Gasteiger partial charge on any atom is -0.441 e. The molecule has 0 spiro atoms. The summed E-state index contributed by atoms with van der Waals surface area (Å²) in [5.41, 5.74) is 0.958. The van der Waals surface area contributed by atoms with Gasteiger partial charge in [-0.15, -0.1) is 0 Å². The number of rotatable bonds is 7. The number of carbonyl (C=O) groups excluding carboxylic acids is 1. The fraction of sp³-hybridized carbons (Fsp3) is 0.375. The maximum absolute atomic E-state index is 11.8. The van der Waals surface area contributed by atoms with Crippen molar-refractivity contribution in [3.63, 3.8) is 0 Å². The van der Waals surface area contributed by atoms with Gasteiger partial charge in [0.2, 0.25) is 5.91 Å². The van der Waals surface area contributed by atoms with Gasteiger partial charge >= 0.3 is 0 Å². The summed E-state index contributed by atoms with van der Waals surface area (Å²) in [5, 5.41) is 2.86. The molecule has 1 amide bonds. The van der Waals surface area contributed by atoms with Gasteiger partial charge in [-0.25, -0.2) is 4.98 Å². The molecule has 0 aliphatic rings. The first-order valence-corrected chi connectivity index (χ1v) is 7.86. The zero-order valence-electron chi connectivity index (χ0n) is 12.6. The van der Waals surface area contributed by atoms with Crippen LogP contribution in [0.25, 0.3) is 11.3 Å². The summed E-state index contributed by atoms with van der Waals surface area (Å²) in [4.78, 5) is 16.0. The maximum Gasteiger partial charge on any atom is 0.220 e. The molecule has 22 heavy (non-hydrogen) atoms. The molecule has 0 unspecified atom stereocenters. The molecule has 0 saturated heterocycles. The van der Waals surface area contributed by atoms with Gasteiger partial charge in [0.05, 0.1) is 12.8 Å². The van der Waals surface area contributed by atoms with Crippen LogP contribution in [0.4, 0.5) is 0 Å². The molecule has 2 aromatic rings. The van der Waals surface area contributed by atoms with Crippen molar-refractivity contribution in [2.45, 2.75) is 25.8 Å². The largest absolute Gasteiger partial charge is 0.441 e. The molecule has 1 aromatic heterocycles. The predicted octanol–water partition coefficient (Wildman–Crippen LogP) is 3.19. The Labute approximate surface area is 138 Å². The number of carbonyl (C=O) groups is 1. The third kappa shape index (κ3) is 4.96. The van der Waals surface area contributed by atoms with E-state index in [9.17, 15) is 4.79 Å². The summed E-state index contributed by atoms with van der Waals surface area (Å²) in [6.45, 7) is 2.40. The van der Waals surface area contributed by atoms with Crippen LogP contribution < -0.4 is 5.32 Å². The molecule has 0 aliphatic heterocycles. The number of benzene rings is 1. The first kappa shape index (κ1) is 16.7. The Hall–Kier alpha value is -1.66. The van der Waals surface area contributed by atoms with E-state index in [-0.39, 0.29) is 11.9 Å². The molecule has 0 aliphatic carbocycles. The molecular weight excluding hydrogens is 348 g/mol. The van der Waals surface area contributed by atoms with Crippen molar-refractivity contribution in [3.8, 4) is 11.3 Å². The summed E-state index contributed by atoms with van der Waals surface area (Å²) < 4.78 is 11.7. The number of oxazole rings is 1. The molecule has 0 bridgehead atoms. The number of aromatic nitrogens is 1. The van der Waals surface area contributed by atoms with E-state index in [1.807, 2.05) is 31.2 Å². The smallest absolute Gasteiger partial charge is 0.220 e. The van der Waals surface area contributed by atoms with E-state index in [0.29, 0.717) is 31.1 Å². The normalized spacial score (nSPS) is 12.1. The lowest BCUT2D eigenvalue weighted by Crippen LogP contribution is -2.35. The second kappa shape index (κ2) is 8.10. The van der Waals surface area contributed by atoms with Crippen LogP contribution in [0.5, 0.6) is 0 Å². The van der Waals surface area contributed by atoms with Gasteiger partial charge in [0, 0.05) is 36.0 Å². The summed E-state index contributed by atoms with van der Waals surface area (Å²) in [6, 6.07) is 7.80.